The van der Waals surface area contributed by atoms with Gasteiger partial charge in [-0.1, -0.05) is 72.8 Å². The predicted molar refractivity (Wildman–Crippen MR) is 104 cm³/mol. The predicted octanol–water partition coefficient (Wildman–Crippen LogP) is 5.54. The fraction of sp³-hybridized carbons (Fsp3) is 0.208. The Bertz CT molecular complexity index is 810. The van der Waals surface area contributed by atoms with Crippen molar-refractivity contribution in [1.82, 2.24) is 0 Å². The fourth-order valence-corrected chi connectivity index (χ4v) is 3.99. The van der Waals surface area contributed by atoms with E-state index in [1.54, 1.807) is 6.92 Å². The average molecular weight is 328 g/mol. The topological polar surface area (TPSA) is 17.1 Å². The van der Waals surface area contributed by atoms with Crippen molar-refractivity contribution in [2.24, 2.45) is 0 Å². The normalized spacial score (nSPS) is 11.4. The largest absolute Gasteiger partial charge is 0.298 e. The van der Waals surface area contributed by atoms with Crippen LogP contribution in [0.5, 0.6) is 0 Å². The Labute approximate surface area is 150 Å². The maximum atomic E-state index is 13.3. The first-order chi connectivity index (χ1) is 12.0. The lowest BCUT2D eigenvalue weighted by atomic mass is 9.64. The van der Waals surface area contributed by atoms with Crippen LogP contribution in [0.2, 0.25) is 0 Å². The number of benzene rings is 3. The summed E-state index contributed by atoms with van der Waals surface area (Å²) < 4.78 is 0. The van der Waals surface area contributed by atoms with Gasteiger partial charge < -0.3 is 0 Å². The molecule has 0 saturated heterocycles. The summed E-state index contributed by atoms with van der Waals surface area (Å²) in [6, 6.07) is 24.7. The Morgan fingerprint density at radius 2 is 0.880 bits per heavy atom. The summed E-state index contributed by atoms with van der Waals surface area (Å²) >= 11 is 0. The van der Waals surface area contributed by atoms with Crippen molar-refractivity contribution in [2.45, 2.75) is 33.1 Å². The molecule has 0 unspecified atom stereocenters. The highest BCUT2D eigenvalue weighted by Gasteiger charge is 2.43. The zero-order valence-corrected chi connectivity index (χ0v) is 15.3. The molecular weight excluding hydrogens is 304 g/mol. The summed E-state index contributed by atoms with van der Waals surface area (Å²) in [6.07, 6.45) is 0. The van der Waals surface area contributed by atoms with Crippen LogP contribution in [0.1, 0.15) is 40.3 Å². The average Bonchev–Trinajstić information content (AvgIpc) is 2.59. The van der Waals surface area contributed by atoms with Gasteiger partial charge >= 0.3 is 0 Å². The van der Waals surface area contributed by atoms with Gasteiger partial charge in [-0.25, -0.2) is 0 Å². The molecule has 0 heterocycles. The van der Waals surface area contributed by atoms with E-state index in [1.165, 1.54) is 0 Å². The molecule has 0 amide bonds. The third-order valence-corrected chi connectivity index (χ3v) is 5.18. The van der Waals surface area contributed by atoms with Crippen molar-refractivity contribution in [3.8, 4) is 0 Å². The first kappa shape index (κ1) is 17.2. The third kappa shape index (κ3) is 2.70. The van der Waals surface area contributed by atoms with Crippen LogP contribution in [0.4, 0.5) is 0 Å². The molecule has 3 aromatic rings. The zero-order chi connectivity index (χ0) is 18.0. The zero-order valence-electron chi connectivity index (χ0n) is 15.3. The van der Waals surface area contributed by atoms with Crippen LogP contribution in [0.15, 0.2) is 72.8 Å². The number of Topliss-reactive ketones (excluding diaryl/α,β-unsaturated/α-hetero) is 1. The van der Waals surface area contributed by atoms with E-state index in [0.29, 0.717) is 0 Å². The number of hydrogen-bond acceptors (Lipinski definition) is 1. The molecule has 0 spiro atoms. The van der Waals surface area contributed by atoms with Gasteiger partial charge in [0.15, 0.2) is 0 Å². The molecule has 0 aliphatic heterocycles. The summed E-state index contributed by atoms with van der Waals surface area (Å²) in [5, 5.41) is 0. The van der Waals surface area contributed by atoms with Gasteiger partial charge in [0, 0.05) is 0 Å². The van der Waals surface area contributed by atoms with Crippen molar-refractivity contribution >= 4 is 5.78 Å². The van der Waals surface area contributed by atoms with Crippen LogP contribution >= 0.6 is 0 Å². The molecule has 0 aromatic heterocycles. The number of carbonyl (C=O) groups excluding carboxylic acids is 1. The molecule has 0 aliphatic carbocycles. The lowest BCUT2D eigenvalue weighted by Gasteiger charge is -2.36. The summed E-state index contributed by atoms with van der Waals surface area (Å²) in [5.41, 5.74) is 5.78. The maximum Gasteiger partial charge on any atom is 0.149 e. The molecule has 126 valence electrons. The van der Waals surface area contributed by atoms with E-state index < -0.39 is 5.41 Å². The van der Waals surface area contributed by atoms with Crippen molar-refractivity contribution in [1.29, 1.82) is 0 Å². The fourth-order valence-electron chi connectivity index (χ4n) is 3.99. The second-order valence-electron chi connectivity index (χ2n) is 6.75. The lowest BCUT2D eigenvalue weighted by Crippen LogP contribution is -2.39. The highest BCUT2D eigenvalue weighted by molar-refractivity contribution is 5.97. The van der Waals surface area contributed by atoms with Gasteiger partial charge in [-0.05, 0) is 61.1 Å². The van der Waals surface area contributed by atoms with E-state index in [9.17, 15) is 4.79 Å². The van der Waals surface area contributed by atoms with Gasteiger partial charge in [0.2, 0.25) is 0 Å². The maximum absolute atomic E-state index is 13.3. The minimum Gasteiger partial charge on any atom is -0.298 e. The monoisotopic (exact) mass is 328 g/mol. The summed E-state index contributed by atoms with van der Waals surface area (Å²) in [5.74, 6) is 0.144. The molecular formula is C24H24O. The summed E-state index contributed by atoms with van der Waals surface area (Å²) in [4.78, 5) is 13.3. The van der Waals surface area contributed by atoms with Crippen LogP contribution in [0.25, 0.3) is 0 Å². The van der Waals surface area contributed by atoms with Gasteiger partial charge in [0.05, 0.1) is 0 Å². The lowest BCUT2D eigenvalue weighted by molar-refractivity contribution is -0.119. The summed E-state index contributed by atoms with van der Waals surface area (Å²) in [7, 11) is 0. The molecule has 3 aromatic carbocycles. The van der Waals surface area contributed by atoms with E-state index in [0.717, 1.165) is 33.4 Å². The van der Waals surface area contributed by atoms with Gasteiger partial charge in [-0.15, -0.1) is 0 Å². The Kier molecular flexibility index (Phi) is 4.59. The van der Waals surface area contributed by atoms with Crippen LogP contribution < -0.4 is 0 Å². The van der Waals surface area contributed by atoms with Crippen molar-refractivity contribution < 1.29 is 4.79 Å². The van der Waals surface area contributed by atoms with Crippen LogP contribution in [-0.2, 0) is 10.2 Å². The standard InChI is InChI=1S/C24H24O/c1-17-11-5-8-14-21(17)24(20(4)25,22-15-9-6-12-18(22)2)23-16-10-7-13-19(23)3/h5-16H,1-4H3. The second kappa shape index (κ2) is 6.68. The van der Waals surface area contributed by atoms with Crippen LogP contribution in [0, 0.1) is 20.8 Å². The Morgan fingerprint density at radius 1 is 0.600 bits per heavy atom. The molecule has 1 nitrogen and oxygen atoms in total. The minimum atomic E-state index is -0.790. The highest BCUT2D eigenvalue weighted by atomic mass is 16.1. The third-order valence-electron chi connectivity index (χ3n) is 5.18. The molecule has 0 fully saturated rings. The molecule has 0 bridgehead atoms. The quantitative estimate of drug-likeness (QED) is 0.575. The Morgan fingerprint density at radius 3 is 1.12 bits per heavy atom. The molecule has 0 aliphatic rings. The second-order valence-corrected chi connectivity index (χ2v) is 6.75. The van der Waals surface area contributed by atoms with Gasteiger partial charge in [-0.3, -0.25) is 4.79 Å². The number of hydrogen-bond donors (Lipinski definition) is 0. The SMILES string of the molecule is CC(=O)C(c1ccccc1C)(c1ccccc1C)c1ccccc1C. The number of carbonyl (C=O) groups is 1. The van der Waals surface area contributed by atoms with E-state index in [1.807, 2.05) is 36.4 Å². The van der Waals surface area contributed by atoms with Crippen LogP contribution in [0.3, 0.4) is 0 Å². The smallest absolute Gasteiger partial charge is 0.149 e. The number of aryl methyl sites for hydroxylation is 3. The molecule has 1 heteroatoms. The van der Waals surface area contributed by atoms with Gasteiger partial charge in [-0.2, -0.15) is 0 Å². The van der Waals surface area contributed by atoms with Crippen molar-refractivity contribution in [3.05, 3.63) is 106 Å². The first-order valence-electron chi connectivity index (χ1n) is 8.69. The molecule has 0 saturated carbocycles. The van der Waals surface area contributed by atoms with Crippen molar-refractivity contribution in [2.75, 3.05) is 0 Å². The molecule has 0 radical (unpaired) electrons. The molecule has 25 heavy (non-hydrogen) atoms. The van der Waals surface area contributed by atoms with E-state index >= 15 is 0 Å². The van der Waals surface area contributed by atoms with Gasteiger partial charge in [0.25, 0.3) is 0 Å². The molecule has 0 N–H and O–H groups in total. The summed E-state index contributed by atoms with van der Waals surface area (Å²) in [6.45, 7) is 7.97. The van der Waals surface area contributed by atoms with Crippen molar-refractivity contribution in [3.63, 3.8) is 0 Å². The van der Waals surface area contributed by atoms with Crippen LogP contribution in [-0.4, -0.2) is 5.78 Å². The Hall–Kier alpha value is -2.67. The number of rotatable bonds is 4. The van der Waals surface area contributed by atoms with E-state index in [2.05, 4.69) is 57.2 Å². The molecule has 0 atom stereocenters. The van der Waals surface area contributed by atoms with Gasteiger partial charge in [0.1, 0.15) is 11.2 Å². The molecule has 3 rings (SSSR count). The minimum absolute atomic E-state index is 0.144. The highest BCUT2D eigenvalue weighted by Crippen LogP contribution is 2.44. The first-order valence-corrected chi connectivity index (χ1v) is 8.69. The Balaban J connectivity index is 2.52. The van der Waals surface area contributed by atoms with E-state index in [-0.39, 0.29) is 5.78 Å². The number of ketones is 1. The van der Waals surface area contributed by atoms with E-state index in [4.69, 9.17) is 0 Å².